The van der Waals surface area contributed by atoms with Crippen LogP contribution in [0.15, 0.2) is 30.5 Å². The first-order valence-corrected chi connectivity index (χ1v) is 32.5. The molecule has 0 saturated carbocycles. The van der Waals surface area contributed by atoms with Crippen LogP contribution in [0.2, 0.25) is 0 Å². The topological polar surface area (TPSA) is 580 Å². The largest absolute Gasteiger partial charge is 0.480 e. The number of carbonyl (C=O) groups excluding carboxylic acids is 13. The Morgan fingerprint density at radius 3 is 1.40 bits per heavy atom. The van der Waals surface area contributed by atoms with Gasteiger partial charge in [0.05, 0.1) is 50.6 Å². The standard InChI is InChI=1S/C63H103N15O19/c1-10-33(8)52(63(96)97)77-56(89)40(22-35-28-68-39-19-15-14-18-38(35)39)70-59(92)45(29-79)74-62(95)53(34(9)80)78-57(90)41(23-37(82)20-21-64)71-54(87)43(26-47(66)84)72-55(88)44(27-48(67)85)73-60(93)50(31(4)5)76-61(94)51(32(6)7)75-58(91)42(25-46(65)83)69-49(86)24-36(81)17-13-11-12-16-30(2)3/h14-15,18-19,28,30-34,36-37,40-45,50-53,68,79-82H,10-13,16-17,20-27,29,64H2,1-9H3,(H2,65,83)(H2,66,84)(H2,67,85)(H,69,86)(H,70,92)(H,71,87)(H,72,88)(H,73,93)(H,74,95)(H,75,91)(H,76,94)(H,77,89)(H,78,90)(H,96,97)/t33-,34-,36?,37?,40?,41?,42?,43?,44?,45?,50?,51?,52?,53?/m1/s1. The van der Waals surface area contributed by atoms with Crippen LogP contribution in [0, 0.1) is 23.7 Å². The summed E-state index contributed by atoms with van der Waals surface area (Å²) in [6.45, 7) is 13.2. The predicted molar refractivity (Wildman–Crippen MR) is 351 cm³/mol. The number of H-pyrrole nitrogens is 1. The summed E-state index contributed by atoms with van der Waals surface area (Å²) in [7, 11) is 0. The fourth-order valence-corrected chi connectivity index (χ4v) is 10.2. The Kier molecular flexibility index (Phi) is 36.4. The number of primary amides is 3. The van der Waals surface area contributed by atoms with Crippen molar-refractivity contribution < 1.29 is 92.7 Å². The number of para-hydroxylation sites is 1. The maximum Gasteiger partial charge on any atom is 0.326 e. The van der Waals surface area contributed by atoms with Crippen molar-refractivity contribution in [3.63, 3.8) is 0 Å². The second-order valence-corrected chi connectivity index (χ2v) is 25.4. The highest BCUT2D eigenvalue weighted by Crippen LogP contribution is 2.21. The van der Waals surface area contributed by atoms with Crippen LogP contribution in [0.3, 0.4) is 0 Å². The first-order chi connectivity index (χ1) is 45.4. The molecule has 1 heterocycles. The number of aromatic nitrogens is 1. The molecule has 0 saturated heterocycles. The number of nitrogens with one attached hydrogen (secondary N) is 11. The number of nitrogens with two attached hydrogens (primary N) is 4. The lowest BCUT2D eigenvalue weighted by Crippen LogP contribution is -2.63. The molecule has 0 aliphatic carbocycles. The van der Waals surface area contributed by atoms with Gasteiger partial charge in [0.2, 0.25) is 76.8 Å². The van der Waals surface area contributed by atoms with Gasteiger partial charge in [0.1, 0.15) is 60.4 Å². The lowest BCUT2D eigenvalue weighted by Gasteiger charge is -2.30. The fourth-order valence-electron chi connectivity index (χ4n) is 10.2. The summed E-state index contributed by atoms with van der Waals surface area (Å²) in [6, 6.07) is -10.5. The lowest BCUT2D eigenvalue weighted by molar-refractivity contribution is -0.144. The molecule has 34 heteroatoms. The van der Waals surface area contributed by atoms with Gasteiger partial charge >= 0.3 is 5.97 Å². The second kappa shape index (κ2) is 42.0. The van der Waals surface area contributed by atoms with Crippen molar-refractivity contribution in [2.45, 2.75) is 225 Å². The molecule has 0 bridgehead atoms. The molecule has 1 aromatic carbocycles. The number of carboxylic acid groups (broad SMARTS) is 1. The highest BCUT2D eigenvalue weighted by atomic mass is 16.4. The highest BCUT2D eigenvalue weighted by Gasteiger charge is 2.39. The van der Waals surface area contributed by atoms with Crippen molar-refractivity contribution in [3.05, 3.63) is 36.0 Å². The van der Waals surface area contributed by atoms with Crippen molar-refractivity contribution in [1.82, 2.24) is 58.2 Å². The van der Waals surface area contributed by atoms with E-state index in [1.54, 1.807) is 44.3 Å². The van der Waals surface area contributed by atoms with Crippen LogP contribution in [0.25, 0.3) is 10.9 Å². The van der Waals surface area contributed by atoms with Gasteiger partial charge in [-0.1, -0.05) is 106 Å². The van der Waals surface area contributed by atoms with E-state index in [2.05, 4.69) is 72.0 Å². The van der Waals surface area contributed by atoms with Gasteiger partial charge in [-0.3, -0.25) is 62.3 Å². The minimum absolute atomic E-state index is 0.162. The third kappa shape index (κ3) is 29.6. The van der Waals surface area contributed by atoms with E-state index in [-0.39, 0.29) is 19.4 Å². The summed E-state index contributed by atoms with van der Waals surface area (Å²) >= 11 is 0. The SMILES string of the molecule is CC[C@@H](C)C(NC(=O)C(Cc1c[nH]c2ccccc12)NC(=O)C(CO)NC(=O)C(NC(=O)C(CC(O)CCN)NC(=O)C(CC(N)=O)NC(=O)C(CC(N)=O)NC(=O)C(NC(=O)C(NC(=O)C(CC(N)=O)NC(=O)CC(O)CCCCCC(C)C)C(C)C)C(C)C)[C@@H](C)O)C(=O)O. The van der Waals surface area contributed by atoms with Crippen LogP contribution < -0.4 is 76.1 Å². The Balaban J connectivity index is 2.40. The molecule has 13 amide bonds. The summed E-state index contributed by atoms with van der Waals surface area (Å²) in [5.74, 6) is -17.7. The molecule has 12 unspecified atom stereocenters. The maximum absolute atomic E-state index is 14.2. The van der Waals surface area contributed by atoms with Crippen LogP contribution in [0.1, 0.15) is 145 Å². The van der Waals surface area contributed by atoms with Crippen molar-refractivity contribution in [3.8, 4) is 0 Å². The molecule has 34 nitrogen and oxygen atoms in total. The summed E-state index contributed by atoms with van der Waals surface area (Å²) < 4.78 is 0. The van der Waals surface area contributed by atoms with E-state index < -0.39 is 218 Å². The third-order valence-electron chi connectivity index (χ3n) is 15.9. The van der Waals surface area contributed by atoms with E-state index in [0.717, 1.165) is 26.2 Å². The van der Waals surface area contributed by atoms with E-state index in [1.807, 2.05) is 0 Å². The fraction of sp³-hybridized carbons (Fsp3) is 0.651. The average Bonchev–Trinajstić information content (AvgIpc) is 1.76. The molecule has 0 radical (unpaired) electrons. The second-order valence-electron chi connectivity index (χ2n) is 25.4. The van der Waals surface area contributed by atoms with Crippen molar-refractivity contribution in [2.75, 3.05) is 13.2 Å². The zero-order chi connectivity index (χ0) is 73.6. The van der Waals surface area contributed by atoms with Crippen molar-refractivity contribution >= 4 is 93.7 Å². The van der Waals surface area contributed by atoms with Gasteiger partial charge in [0.25, 0.3) is 0 Å². The molecule has 2 rings (SSSR count). The number of unbranched alkanes of at least 4 members (excludes halogenated alkanes) is 2. The number of hydrogen-bond acceptors (Lipinski definition) is 19. The Labute approximate surface area is 562 Å². The number of benzene rings is 1. The Hall–Kier alpha value is -8.86. The van der Waals surface area contributed by atoms with Crippen LogP contribution in [0.5, 0.6) is 0 Å². The van der Waals surface area contributed by atoms with Gasteiger partial charge < -0.3 is 107 Å². The summed E-state index contributed by atoms with van der Waals surface area (Å²) in [5, 5.41) is 76.6. The molecule has 2 aromatic rings. The Bertz CT molecular complexity index is 3010. The molecule has 0 aliphatic rings. The number of hydrogen-bond donors (Lipinski definition) is 20. The highest BCUT2D eigenvalue weighted by molar-refractivity contribution is 6.01. The molecular weight excluding hydrogens is 1270 g/mol. The first-order valence-electron chi connectivity index (χ1n) is 32.5. The minimum Gasteiger partial charge on any atom is -0.480 e. The molecule has 0 fully saturated rings. The zero-order valence-electron chi connectivity index (χ0n) is 56.6. The average molecular weight is 1370 g/mol. The van der Waals surface area contributed by atoms with Gasteiger partial charge in [-0.25, -0.2) is 4.79 Å². The van der Waals surface area contributed by atoms with E-state index in [1.165, 1.54) is 27.7 Å². The smallest absolute Gasteiger partial charge is 0.326 e. The third-order valence-corrected chi connectivity index (χ3v) is 15.9. The molecule has 0 spiro atoms. The molecule has 97 heavy (non-hydrogen) atoms. The monoisotopic (exact) mass is 1370 g/mol. The molecule has 544 valence electrons. The number of carboxylic acids is 1. The first kappa shape index (κ1) is 84.2. The number of amides is 13. The number of rotatable bonds is 46. The summed E-state index contributed by atoms with van der Waals surface area (Å²) in [5.41, 5.74) is 23.2. The summed E-state index contributed by atoms with van der Waals surface area (Å²) in [4.78, 5) is 191. The van der Waals surface area contributed by atoms with Crippen LogP contribution in [0.4, 0.5) is 0 Å². The van der Waals surface area contributed by atoms with E-state index in [4.69, 9.17) is 22.9 Å². The summed E-state index contributed by atoms with van der Waals surface area (Å²) in [6.07, 6.45) is -2.94. The van der Waals surface area contributed by atoms with Gasteiger partial charge in [-0.15, -0.1) is 0 Å². The zero-order valence-corrected chi connectivity index (χ0v) is 56.6. The molecule has 0 aliphatic heterocycles. The van der Waals surface area contributed by atoms with E-state index >= 15 is 0 Å². The van der Waals surface area contributed by atoms with Gasteiger partial charge in [-0.05, 0) is 61.6 Å². The van der Waals surface area contributed by atoms with Gasteiger partial charge in [0.15, 0.2) is 0 Å². The molecular formula is C63H103N15O19. The minimum atomic E-state index is -2.06. The number of aliphatic carboxylic acids is 1. The van der Waals surface area contributed by atoms with E-state index in [9.17, 15) is 92.7 Å². The van der Waals surface area contributed by atoms with Crippen molar-refractivity contribution in [2.24, 2.45) is 46.6 Å². The van der Waals surface area contributed by atoms with Crippen molar-refractivity contribution in [1.29, 1.82) is 0 Å². The van der Waals surface area contributed by atoms with Crippen LogP contribution in [-0.4, -0.2) is 205 Å². The lowest BCUT2D eigenvalue weighted by atomic mass is 9.98. The Morgan fingerprint density at radius 2 is 0.897 bits per heavy atom. The number of fused-ring (bicyclic) bond motifs is 1. The predicted octanol–water partition coefficient (Wildman–Crippen LogP) is -4.54. The Morgan fingerprint density at radius 1 is 0.474 bits per heavy atom. The number of aliphatic hydroxyl groups excluding tert-OH is 4. The molecule has 1 aromatic heterocycles. The normalized spacial score (nSPS) is 15.8. The number of aliphatic hydroxyl groups is 4. The molecule has 14 atom stereocenters. The van der Waals surface area contributed by atoms with Crippen LogP contribution in [-0.2, 0) is 73.5 Å². The number of carbonyl (C=O) groups is 14. The number of aromatic amines is 1. The van der Waals surface area contributed by atoms with Gasteiger partial charge in [0, 0.05) is 29.9 Å². The molecule has 24 N–H and O–H groups in total. The quantitative estimate of drug-likeness (QED) is 0.0278. The van der Waals surface area contributed by atoms with E-state index in [0.29, 0.717) is 41.6 Å². The van der Waals surface area contributed by atoms with Gasteiger partial charge in [-0.2, -0.15) is 0 Å². The van der Waals surface area contributed by atoms with Crippen LogP contribution >= 0.6 is 0 Å². The maximum atomic E-state index is 14.2.